The van der Waals surface area contributed by atoms with Crippen LogP contribution in [0.5, 0.6) is 0 Å². The van der Waals surface area contributed by atoms with Gasteiger partial charge in [-0.25, -0.2) is 0 Å². The zero-order valence-corrected chi connectivity index (χ0v) is 14.6. The normalized spacial score (nSPS) is 22.7. The van der Waals surface area contributed by atoms with E-state index in [1.807, 2.05) is 12.1 Å². The van der Waals surface area contributed by atoms with Gasteiger partial charge >= 0.3 is 0 Å². The Kier molecular flexibility index (Phi) is 5.70. The van der Waals surface area contributed by atoms with Crippen LogP contribution >= 0.6 is 11.6 Å². The molecular formula is C18H29ClN2. The topological polar surface area (TPSA) is 15.3 Å². The minimum atomic E-state index is 0.255. The van der Waals surface area contributed by atoms with E-state index in [1.165, 1.54) is 18.4 Å². The van der Waals surface area contributed by atoms with Crippen molar-refractivity contribution in [1.29, 1.82) is 0 Å². The van der Waals surface area contributed by atoms with Crippen LogP contribution in [0.2, 0.25) is 5.02 Å². The number of hydrogen-bond acceptors (Lipinski definition) is 2. The summed E-state index contributed by atoms with van der Waals surface area (Å²) in [5.74, 6) is 0.658. The Bertz CT molecular complexity index is 454. The van der Waals surface area contributed by atoms with Gasteiger partial charge in [0, 0.05) is 36.2 Å². The lowest BCUT2D eigenvalue weighted by atomic mass is 9.85. The van der Waals surface area contributed by atoms with Crippen molar-refractivity contribution in [3.63, 3.8) is 0 Å². The monoisotopic (exact) mass is 308 g/mol. The Morgan fingerprint density at radius 1 is 1.29 bits per heavy atom. The molecule has 1 aromatic carbocycles. The highest BCUT2D eigenvalue weighted by molar-refractivity contribution is 6.31. The van der Waals surface area contributed by atoms with E-state index < -0.39 is 0 Å². The molecule has 1 aliphatic heterocycles. The van der Waals surface area contributed by atoms with Gasteiger partial charge < -0.3 is 5.32 Å². The minimum Gasteiger partial charge on any atom is -0.311 e. The highest BCUT2D eigenvalue weighted by Gasteiger charge is 2.39. The fourth-order valence-electron chi connectivity index (χ4n) is 3.39. The van der Waals surface area contributed by atoms with Crippen LogP contribution in [-0.4, -0.2) is 29.6 Å². The molecule has 21 heavy (non-hydrogen) atoms. The summed E-state index contributed by atoms with van der Waals surface area (Å²) in [5, 5.41) is 4.65. The van der Waals surface area contributed by atoms with Crippen molar-refractivity contribution < 1.29 is 0 Å². The molecule has 0 saturated carbocycles. The number of nitrogens with one attached hydrogen (secondary N) is 1. The maximum Gasteiger partial charge on any atom is 0.0451 e. The summed E-state index contributed by atoms with van der Waals surface area (Å²) < 4.78 is 0. The molecule has 1 aromatic rings. The summed E-state index contributed by atoms with van der Waals surface area (Å²) >= 11 is 6.38. The lowest BCUT2D eigenvalue weighted by Gasteiger charge is -2.50. The quantitative estimate of drug-likeness (QED) is 0.871. The Hall–Kier alpha value is -0.570. The number of hydrogen-bond donors (Lipinski definition) is 1. The fraction of sp³-hybridized carbons (Fsp3) is 0.667. The molecule has 1 atom stereocenters. The van der Waals surface area contributed by atoms with Gasteiger partial charge in [0.1, 0.15) is 0 Å². The molecule has 0 radical (unpaired) electrons. The smallest absolute Gasteiger partial charge is 0.0451 e. The first-order chi connectivity index (χ1) is 10.0. The molecule has 1 fully saturated rings. The average Bonchev–Trinajstić information content (AvgIpc) is 2.49. The summed E-state index contributed by atoms with van der Waals surface area (Å²) in [7, 11) is 0. The number of rotatable bonds is 5. The van der Waals surface area contributed by atoms with Crippen molar-refractivity contribution in [2.45, 2.75) is 58.7 Å². The number of nitrogens with zero attached hydrogens (tertiary/aromatic N) is 1. The molecule has 1 unspecified atom stereocenters. The maximum absolute atomic E-state index is 6.38. The number of piperazine rings is 1. The first kappa shape index (κ1) is 16.8. The van der Waals surface area contributed by atoms with E-state index in [0.29, 0.717) is 12.0 Å². The van der Waals surface area contributed by atoms with Crippen molar-refractivity contribution in [3.05, 3.63) is 34.9 Å². The molecule has 1 saturated heterocycles. The van der Waals surface area contributed by atoms with Gasteiger partial charge in [0.25, 0.3) is 0 Å². The van der Waals surface area contributed by atoms with Crippen molar-refractivity contribution in [1.82, 2.24) is 10.2 Å². The van der Waals surface area contributed by atoms with Gasteiger partial charge in [-0.2, -0.15) is 0 Å². The summed E-state index contributed by atoms with van der Waals surface area (Å²) in [6.07, 6.45) is 2.34. The van der Waals surface area contributed by atoms with Gasteiger partial charge in [-0.05, 0) is 30.4 Å². The highest BCUT2D eigenvalue weighted by atomic mass is 35.5. The van der Waals surface area contributed by atoms with Crippen molar-refractivity contribution in [3.8, 4) is 0 Å². The second-order valence-electron chi connectivity index (χ2n) is 6.63. The van der Waals surface area contributed by atoms with Crippen molar-refractivity contribution in [2.75, 3.05) is 13.1 Å². The Morgan fingerprint density at radius 3 is 2.52 bits per heavy atom. The van der Waals surface area contributed by atoms with Crippen LogP contribution in [0.1, 0.15) is 46.1 Å². The predicted molar refractivity (Wildman–Crippen MR) is 91.8 cm³/mol. The third-order valence-electron chi connectivity index (χ3n) is 5.22. The molecule has 0 aliphatic carbocycles. The largest absolute Gasteiger partial charge is 0.311 e. The molecule has 1 N–H and O–H groups in total. The maximum atomic E-state index is 6.38. The molecule has 3 heteroatoms. The van der Waals surface area contributed by atoms with Gasteiger partial charge in [-0.15, -0.1) is 0 Å². The van der Waals surface area contributed by atoms with Crippen LogP contribution in [0, 0.1) is 5.92 Å². The van der Waals surface area contributed by atoms with Crippen LogP contribution < -0.4 is 5.32 Å². The van der Waals surface area contributed by atoms with Crippen molar-refractivity contribution >= 4 is 11.6 Å². The Labute approximate surface area is 134 Å². The predicted octanol–water partition coefficient (Wildman–Crippen LogP) is 4.33. The Balaban J connectivity index is 2.23. The minimum absolute atomic E-state index is 0.255. The molecule has 0 bridgehead atoms. The van der Waals surface area contributed by atoms with E-state index in [4.69, 9.17) is 11.6 Å². The van der Waals surface area contributed by atoms with Crippen molar-refractivity contribution in [2.24, 2.45) is 5.92 Å². The van der Waals surface area contributed by atoms with E-state index in [-0.39, 0.29) is 5.54 Å². The zero-order chi connectivity index (χ0) is 15.5. The van der Waals surface area contributed by atoms with Crippen LogP contribution in [0.3, 0.4) is 0 Å². The van der Waals surface area contributed by atoms with Gasteiger partial charge in [0.15, 0.2) is 0 Å². The highest BCUT2D eigenvalue weighted by Crippen LogP contribution is 2.31. The fourth-order valence-corrected chi connectivity index (χ4v) is 3.58. The number of halogens is 1. The van der Waals surface area contributed by atoms with E-state index in [9.17, 15) is 0 Å². The van der Waals surface area contributed by atoms with E-state index in [2.05, 4.69) is 50.0 Å². The van der Waals surface area contributed by atoms with Gasteiger partial charge in [0.2, 0.25) is 0 Å². The molecule has 1 aliphatic rings. The zero-order valence-electron chi connectivity index (χ0n) is 13.8. The molecule has 0 aromatic heterocycles. The summed E-state index contributed by atoms with van der Waals surface area (Å²) in [5.41, 5.74) is 1.50. The standard InChI is InChI=1S/C18H29ClN2/c1-5-18(6-2)13-20-17(14(3)4)12-21(18)11-15-9-7-8-10-16(15)19/h7-10,14,17,20H,5-6,11-13H2,1-4H3. The summed E-state index contributed by atoms with van der Waals surface area (Å²) in [6.45, 7) is 12.3. The summed E-state index contributed by atoms with van der Waals surface area (Å²) in [6, 6.07) is 8.82. The molecule has 1 heterocycles. The Morgan fingerprint density at radius 2 is 1.95 bits per heavy atom. The molecule has 2 rings (SSSR count). The third-order valence-corrected chi connectivity index (χ3v) is 5.59. The van der Waals surface area contributed by atoms with E-state index >= 15 is 0 Å². The number of benzene rings is 1. The first-order valence-corrected chi connectivity index (χ1v) is 8.62. The van der Waals surface area contributed by atoms with E-state index in [0.717, 1.165) is 24.7 Å². The molecule has 2 nitrogen and oxygen atoms in total. The van der Waals surface area contributed by atoms with Crippen LogP contribution in [0.15, 0.2) is 24.3 Å². The molecule has 0 spiro atoms. The molecule has 0 amide bonds. The van der Waals surface area contributed by atoms with Crippen LogP contribution in [0.25, 0.3) is 0 Å². The second kappa shape index (κ2) is 7.13. The summed E-state index contributed by atoms with van der Waals surface area (Å²) in [4.78, 5) is 2.66. The van der Waals surface area contributed by atoms with Gasteiger partial charge in [0.05, 0.1) is 0 Å². The second-order valence-corrected chi connectivity index (χ2v) is 7.04. The lowest BCUT2D eigenvalue weighted by molar-refractivity contribution is 0.0156. The van der Waals surface area contributed by atoms with Gasteiger partial charge in [-0.3, -0.25) is 4.90 Å². The third kappa shape index (κ3) is 3.61. The SMILES string of the molecule is CCC1(CC)CNC(C(C)C)CN1Cc1ccccc1Cl. The van der Waals surface area contributed by atoms with Gasteiger partial charge in [-0.1, -0.05) is 57.5 Å². The average molecular weight is 309 g/mol. The lowest BCUT2D eigenvalue weighted by Crippen LogP contribution is -2.64. The van der Waals surface area contributed by atoms with Crippen LogP contribution in [-0.2, 0) is 6.54 Å². The molecular weight excluding hydrogens is 280 g/mol. The van der Waals surface area contributed by atoms with Crippen LogP contribution in [0.4, 0.5) is 0 Å². The molecule has 118 valence electrons. The first-order valence-electron chi connectivity index (χ1n) is 8.24. The van der Waals surface area contributed by atoms with E-state index in [1.54, 1.807) is 0 Å².